The van der Waals surface area contributed by atoms with E-state index >= 15 is 0 Å². The molecule has 94 valence electrons. The second kappa shape index (κ2) is 5.51. The van der Waals surface area contributed by atoms with Gasteiger partial charge in [-0.1, -0.05) is 0 Å². The molecule has 1 aromatic carbocycles. The third kappa shape index (κ3) is 3.44. The smallest absolute Gasteiger partial charge is 0.244 e. The van der Waals surface area contributed by atoms with Crippen molar-refractivity contribution in [3.63, 3.8) is 0 Å². The van der Waals surface area contributed by atoms with E-state index in [9.17, 15) is 4.79 Å². The van der Waals surface area contributed by atoms with Gasteiger partial charge in [0.25, 0.3) is 0 Å². The Labute approximate surface area is 110 Å². The van der Waals surface area contributed by atoms with Crippen molar-refractivity contribution in [3.8, 4) is 5.75 Å². The van der Waals surface area contributed by atoms with Crippen LogP contribution in [0.3, 0.4) is 0 Å². The average molecular weight is 301 g/mol. The maximum Gasteiger partial charge on any atom is 0.244 e. The first-order valence-electron chi connectivity index (χ1n) is 5.24. The Morgan fingerprint density at radius 3 is 2.59 bits per heavy atom. The van der Waals surface area contributed by atoms with Gasteiger partial charge in [-0.25, -0.2) is 0 Å². The molecule has 1 amide bonds. The number of ether oxygens (including phenoxy) is 1. The molecule has 0 bridgehead atoms. The van der Waals surface area contributed by atoms with Gasteiger partial charge in [0.15, 0.2) is 0 Å². The second-order valence-electron chi connectivity index (χ2n) is 4.18. The fourth-order valence-corrected chi connectivity index (χ4v) is 1.55. The molecule has 0 saturated carbocycles. The molecule has 2 N–H and O–H groups in total. The van der Waals surface area contributed by atoms with Crippen molar-refractivity contribution < 1.29 is 9.53 Å². The van der Waals surface area contributed by atoms with Crippen LogP contribution in [-0.2, 0) is 4.79 Å². The molecule has 1 aromatic rings. The van der Waals surface area contributed by atoms with Gasteiger partial charge in [0.2, 0.25) is 5.91 Å². The van der Waals surface area contributed by atoms with E-state index in [1.54, 1.807) is 20.2 Å². The molecular weight excluding hydrogens is 284 g/mol. The molecule has 5 heteroatoms. The Morgan fingerprint density at radius 1 is 1.41 bits per heavy atom. The zero-order chi connectivity index (χ0) is 13.1. The van der Waals surface area contributed by atoms with Crippen LogP contribution in [0.2, 0.25) is 0 Å². The number of likely N-dealkylation sites (N-methyl/N-ethyl adjacent to an activating group) is 1. The van der Waals surface area contributed by atoms with E-state index in [4.69, 9.17) is 4.74 Å². The van der Waals surface area contributed by atoms with Crippen molar-refractivity contribution in [2.75, 3.05) is 19.5 Å². The summed E-state index contributed by atoms with van der Waals surface area (Å²) in [6.45, 7) is 3.64. The number of benzene rings is 1. The fraction of sp³-hybridized carbons (Fsp3) is 0.417. The summed E-state index contributed by atoms with van der Waals surface area (Å²) in [6, 6.07) is 5.42. The predicted octanol–water partition coefficient (Wildman–Crippen LogP) is 2.39. The molecule has 0 spiro atoms. The third-order valence-electron chi connectivity index (χ3n) is 2.60. The van der Waals surface area contributed by atoms with Crippen LogP contribution in [0.4, 0.5) is 5.69 Å². The second-order valence-corrected chi connectivity index (χ2v) is 5.03. The minimum Gasteiger partial charge on any atom is -0.495 e. The number of carbonyl (C=O) groups excluding carboxylic acids is 1. The van der Waals surface area contributed by atoms with Gasteiger partial charge in [-0.3, -0.25) is 4.79 Å². The topological polar surface area (TPSA) is 50.4 Å². The molecule has 0 unspecified atom stereocenters. The molecule has 4 nitrogen and oxygen atoms in total. The van der Waals surface area contributed by atoms with Gasteiger partial charge in [-0.2, -0.15) is 0 Å². The minimum atomic E-state index is -0.611. The summed E-state index contributed by atoms with van der Waals surface area (Å²) in [4.78, 5) is 11.9. The average Bonchev–Trinajstić information content (AvgIpc) is 2.31. The van der Waals surface area contributed by atoms with Crippen LogP contribution in [0.5, 0.6) is 5.75 Å². The number of halogens is 1. The number of methoxy groups -OCH3 is 1. The number of hydrogen-bond donors (Lipinski definition) is 2. The van der Waals surface area contributed by atoms with Gasteiger partial charge in [0, 0.05) is 11.8 Å². The van der Waals surface area contributed by atoms with Crippen LogP contribution in [0.1, 0.15) is 13.8 Å². The molecular formula is C12H17BrN2O2. The van der Waals surface area contributed by atoms with E-state index in [-0.39, 0.29) is 5.91 Å². The molecule has 0 fully saturated rings. The number of hydrogen-bond acceptors (Lipinski definition) is 3. The quantitative estimate of drug-likeness (QED) is 0.898. The van der Waals surface area contributed by atoms with Crippen molar-refractivity contribution in [2.24, 2.45) is 0 Å². The number of amides is 1. The number of rotatable bonds is 4. The molecule has 0 aliphatic rings. The summed E-state index contributed by atoms with van der Waals surface area (Å²) in [5.74, 6) is 0.592. The largest absolute Gasteiger partial charge is 0.495 e. The third-order valence-corrected chi connectivity index (χ3v) is 3.26. The lowest BCUT2D eigenvalue weighted by Crippen LogP contribution is -2.47. The zero-order valence-electron chi connectivity index (χ0n) is 10.4. The summed E-state index contributed by atoms with van der Waals surface area (Å²) < 4.78 is 6.02. The van der Waals surface area contributed by atoms with Crippen molar-refractivity contribution >= 4 is 27.5 Å². The highest BCUT2D eigenvalue weighted by molar-refractivity contribution is 9.10. The predicted molar refractivity (Wildman–Crippen MR) is 72.5 cm³/mol. The lowest BCUT2D eigenvalue weighted by atomic mass is 10.1. The summed E-state index contributed by atoms with van der Waals surface area (Å²) >= 11 is 3.36. The van der Waals surface area contributed by atoms with Crippen LogP contribution in [0.25, 0.3) is 0 Å². The first-order chi connectivity index (χ1) is 7.90. The van der Waals surface area contributed by atoms with Crippen LogP contribution in [-0.4, -0.2) is 25.6 Å². The molecule has 0 aliphatic heterocycles. The highest BCUT2D eigenvalue weighted by Crippen LogP contribution is 2.28. The first kappa shape index (κ1) is 14.0. The number of carbonyl (C=O) groups is 1. The Bertz CT molecular complexity index is 419. The molecule has 0 heterocycles. The molecule has 0 aliphatic carbocycles. The standard InChI is InChI=1S/C12H17BrN2O2/c1-12(2,14-3)11(16)15-8-5-6-9(13)10(7-8)17-4/h5-7,14H,1-4H3,(H,15,16). The van der Waals surface area contributed by atoms with Gasteiger partial charge in [0.05, 0.1) is 17.1 Å². The summed E-state index contributed by atoms with van der Waals surface area (Å²) in [7, 11) is 3.34. The van der Waals surface area contributed by atoms with E-state index in [1.807, 2.05) is 26.0 Å². The van der Waals surface area contributed by atoms with E-state index in [2.05, 4.69) is 26.6 Å². The van der Waals surface area contributed by atoms with Crippen molar-refractivity contribution in [1.29, 1.82) is 0 Å². The molecule has 0 radical (unpaired) electrons. The summed E-state index contributed by atoms with van der Waals surface area (Å²) in [5, 5.41) is 5.78. The lowest BCUT2D eigenvalue weighted by Gasteiger charge is -2.22. The zero-order valence-corrected chi connectivity index (χ0v) is 12.0. The summed E-state index contributed by atoms with van der Waals surface area (Å²) in [5.41, 5.74) is 0.0960. The highest BCUT2D eigenvalue weighted by atomic mass is 79.9. The van der Waals surface area contributed by atoms with Gasteiger partial charge >= 0.3 is 0 Å². The number of anilines is 1. The molecule has 17 heavy (non-hydrogen) atoms. The molecule has 0 saturated heterocycles. The Balaban J connectivity index is 2.86. The van der Waals surface area contributed by atoms with Crippen LogP contribution in [0, 0.1) is 0 Å². The maximum absolute atomic E-state index is 11.9. The van der Waals surface area contributed by atoms with E-state index in [0.717, 1.165) is 4.47 Å². The lowest BCUT2D eigenvalue weighted by molar-refractivity contribution is -0.121. The SMILES string of the molecule is CNC(C)(C)C(=O)Nc1ccc(Br)c(OC)c1. The molecule has 0 aromatic heterocycles. The minimum absolute atomic E-state index is 0.0932. The first-order valence-corrected chi connectivity index (χ1v) is 6.04. The molecule has 0 atom stereocenters. The van der Waals surface area contributed by atoms with Crippen molar-refractivity contribution in [1.82, 2.24) is 5.32 Å². The Morgan fingerprint density at radius 2 is 2.06 bits per heavy atom. The van der Waals surface area contributed by atoms with Gasteiger partial charge < -0.3 is 15.4 Å². The van der Waals surface area contributed by atoms with Gasteiger partial charge in [-0.05, 0) is 49.0 Å². The van der Waals surface area contributed by atoms with Crippen LogP contribution >= 0.6 is 15.9 Å². The van der Waals surface area contributed by atoms with E-state index in [0.29, 0.717) is 11.4 Å². The van der Waals surface area contributed by atoms with Gasteiger partial charge in [0.1, 0.15) is 5.75 Å². The van der Waals surface area contributed by atoms with Gasteiger partial charge in [-0.15, -0.1) is 0 Å². The van der Waals surface area contributed by atoms with E-state index < -0.39 is 5.54 Å². The van der Waals surface area contributed by atoms with Crippen molar-refractivity contribution in [3.05, 3.63) is 22.7 Å². The normalized spacial score (nSPS) is 11.1. The Hall–Kier alpha value is -1.07. The van der Waals surface area contributed by atoms with Crippen LogP contribution in [0.15, 0.2) is 22.7 Å². The van der Waals surface area contributed by atoms with Crippen molar-refractivity contribution in [2.45, 2.75) is 19.4 Å². The molecule has 1 rings (SSSR count). The Kier molecular flexibility index (Phi) is 4.54. The monoisotopic (exact) mass is 300 g/mol. The summed E-state index contributed by atoms with van der Waals surface area (Å²) in [6.07, 6.45) is 0. The van der Waals surface area contributed by atoms with E-state index in [1.165, 1.54) is 0 Å². The number of nitrogens with one attached hydrogen (secondary N) is 2. The highest BCUT2D eigenvalue weighted by Gasteiger charge is 2.25. The maximum atomic E-state index is 11.9. The van der Waals surface area contributed by atoms with Crippen LogP contribution < -0.4 is 15.4 Å². The fourth-order valence-electron chi connectivity index (χ4n) is 1.14.